The van der Waals surface area contributed by atoms with Gasteiger partial charge in [0.1, 0.15) is 24.3 Å². The minimum absolute atomic E-state index is 0.316. The van der Waals surface area contributed by atoms with E-state index in [2.05, 4.69) is 38.0 Å². The zero-order valence-corrected chi connectivity index (χ0v) is 24.2. The van der Waals surface area contributed by atoms with Gasteiger partial charge in [-0.1, -0.05) is 31.4 Å². The van der Waals surface area contributed by atoms with Gasteiger partial charge in [0.2, 0.25) is 11.8 Å². The van der Waals surface area contributed by atoms with Crippen LogP contribution in [-0.2, 0) is 38.1 Å². The van der Waals surface area contributed by atoms with Gasteiger partial charge in [-0.05, 0) is 33.3 Å². The van der Waals surface area contributed by atoms with E-state index in [1.807, 2.05) is 5.32 Å². The van der Waals surface area contributed by atoms with Crippen LogP contribution in [-0.4, -0.2) is 94.4 Å². The highest BCUT2D eigenvalue weighted by molar-refractivity contribution is 5.93. The monoisotopic (exact) mass is 637 g/mol. The molecule has 0 fully saturated rings. The molecule has 0 rings (SSSR count). The van der Waals surface area contributed by atoms with E-state index in [1.165, 1.54) is 39.0 Å². The number of alkyl carbamates (subject to hydrolysis) is 1. The molecule has 0 aliphatic heterocycles. The third kappa shape index (κ3) is 22.6. The molecule has 0 aromatic rings. The van der Waals surface area contributed by atoms with E-state index in [0.29, 0.717) is 5.57 Å². The molecular formula is C25H37F6N3O9. The topological polar surface area (TPSA) is 151 Å². The van der Waals surface area contributed by atoms with Gasteiger partial charge in [-0.3, -0.25) is 9.59 Å². The van der Waals surface area contributed by atoms with Crippen LogP contribution in [0.4, 0.5) is 31.1 Å². The molecule has 0 aromatic heterocycles. The maximum atomic E-state index is 12.6. The SMILES string of the molecule is C=C/C=C(\C=C)COC(=O)[C@H](COC(F)F)NC(=O)C(C)NC(=O)[C@H](COC(F)F)NC(=O)OC(C)(C)C.COC(F)F. The Morgan fingerprint density at radius 3 is 1.74 bits per heavy atom. The number of ether oxygens (including phenoxy) is 5. The van der Waals surface area contributed by atoms with Gasteiger partial charge < -0.3 is 39.6 Å². The van der Waals surface area contributed by atoms with Crippen molar-refractivity contribution in [2.75, 3.05) is 26.9 Å². The Labute approximate surface area is 244 Å². The average Bonchev–Trinajstić information content (AvgIpc) is 2.89. The van der Waals surface area contributed by atoms with Gasteiger partial charge in [0.25, 0.3) is 0 Å². The van der Waals surface area contributed by atoms with Crippen LogP contribution in [0.15, 0.2) is 37.0 Å². The van der Waals surface area contributed by atoms with Gasteiger partial charge in [0.05, 0.1) is 13.2 Å². The number of rotatable bonds is 17. The molecule has 12 nitrogen and oxygen atoms in total. The van der Waals surface area contributed by atoms with Crippen molar-refractivity contribution >= 4 is 23.9 Å². The molecule has 0 bridgehead atoms. The summed E-state index contributed by atoms with van der Waals surface area (Å²) in [5, 5.41) is 6.28. The molecule has 0 saturated carbocycles. The third-order valence-corrected chi connectivity index (χ3v) is 4.29. The number of amides is 3. The van der Waals surface area contributed by atoms with E-state index in [0.717, 1.165) is 14.0 Å². The second-order valence-corrected chi connectivity index (χ2v) is 8.96. The highest BCUT2D eigenvalue weighted by Crippen LogP contribution is 2.08. The molecule has 1 unspecified atom stereocenters. The van der Waals surface area contributed by atoms with Crippen LogP contribution in [0.1, 0.15) is 27.7 Å². The lowest BCUT2D eigenvalue weighted by molar-refractivity contribution is -0.160. The molecule has 0 radical (unpaired) electrons. The molecule has 3 N–H and O–H groups in total. The summed E-state index contributed by atoms with van der Waals surface area (Å²) in [6.07, 6.45) is 3.10. The maximum Gasteiger partial charge on any atom is 0.408 e. The molecule has 18 heteroatoms. The second kappa shape index (κ2) is 22.0. The number of hydrogen-bond donors (Lipinski definition) is 3. The summed E-state index contributed by atoms with van der Waals surface area (Å²) in [7, 11) is 0.949. The van der Waals surface area contributed by atoms with Gasteiger partial charge in [0.15, 0.2) is 6.04 Å². The van der Waals surface area contributed by atoms with E-state index in [4.69, 9.17) is 9.47 Å². The summed E-state index contributed by atoms with van der Waals surface area (Å²) >= 11 is 0. The van der Waals surface area contributed by atoms with Gasteiger partial charge in [-0.25, -0.2) is 9.59 Å². The van der Waals surface area contributed by atoms with Crippen molar-refractivity contribution < 1.29 is 69.2 Å². The number of esters is 1. The predicted octanol–water partition coefficient (Wildman–Crippen LogP) is 3.04. The first-order valence-electron chi connectivity index (χ1n) is 12.2. The lowest BCUT2D eigenvalue weighted by atomic mass is 10.2. The highest BCUT2D eigenvalue weighted by atomic mass is 19.3. The minimum Gasteiger partial charge on any atom is -0.459 e. The fourth-order valence-electron chi connectivity index (χ4n) is 2.40. The van der Waals surface area contributed by atoms with E-state index in [1.54, 1.807) is 0 Å². The van der Waals surface area contributed by atoms with Crippen LogP contribution in [0.2, 0.25) is 0 Å². The largest absolute Gasteiger partial charge is 0.459 e. The quantitative estimate of drug-likeness (QED) is 0.124. The molecule has 3 amide bonds. The summed E-state index contributed by atoms with van der Waals surface area (Å²) in [6.45, 7) is 1.29. The fraction of sp³-hybridized carbons (Fsp3) is 0.600. The van der Waals surface area contributed by atoms with Gasteiger partial charge in [-0.15, -0.1) is 0 Å². The Kier molecular flexibility index (Phi) is 21.2. The Morgan fingerprint density at radius 2 is 1.33 bits per heavy atom. The lowest BCUT2D eigenvalue weighted by Crippen LogP contribution is -2.57. The van der Waals surface area contributed by atoms with Crippen molar-refractivity contribution in [3.63, 3.8) is 0 Å². The molecular weight excluding hydrogens is 600 g/mol. The minimum atomic E-state index is -3.27. The molecule has 3 atom stereocenters. The Balaban J connectivity index is 0. The molecule has 0 saturated heterocycles. The third-order valence-electron chi connectivity index (χ3n) is 4.29. The number of carbonyl (C=O) groups is 4. The molecule has 43 heavy (non-hydrogen) atoms. The van der Waals surface area contributed by atoms with Gasteiger partial charge in [0, 0.05) is 7.11 Å². The number of halogens is 6. The van der Waals surface area contributed by atoms with E-state index in [9.17, 15) is 45.5 Å². The van der Waals surface area contributed by atoms with Crippen LogP contribution >= 0.6 is 0 Å². The molecule has 0 aliphatic carbocycles. The summed E-state index contributed by atoms with van der Waals surface area (Å²) in [6, 6.07) is -4.85. The number of carbonyl (C=O) groups excluding carboxylic acids is 4. The number of hydrogen-bond acceptors (Lipinski definition) is 9. The van der Waals surface area contributed by atoms with Crippen LogP contribution in [0, 0.1) is 0 Å². The Bertz CT molecular complexity index is 931. The summed E-state index contributed by atoms with van der Waals surface area (Å²) in [5.41, 5.74) is -0.553. The molecule has 0 spiro atoms. The normalized spacial score (nSPS) is 13.7. The first-order valence-corrected chi connectivity index (χ1v) is 12.2. The first kappa shape index (κ1) is 41.5. The van der Waals surface area contributed by atoms with Crippen LogP contribution in [0.3, 0.4) is 0 Å². The summed E-state index contributed by atoms with van der Waals surface area (Å²) in [4.78, 5) is 49.5. The highest BCUT2D eigenvalue weighted by Gasteiger charge is 2.30. The number of allylic oxidation sites excluding steroid dienone is 2. The van der Waals surface area contributed by atoms with Crippen molar-refractivity contribution in [1.82, 2.24) is 16.0 Å². The fourth-order valence-corrected chi connectivity index (χ4v) is 2.40. The van der Waals surface area contributed by atoms with Crippen LogP contribution in [0.5, 0.6) is 0 Å². The second-order valence-electron chi connectivity index (χ2n) is 8.96. The van der Waals surface area contributed by atoms with Crippen molar-refractivity contribution in [3.05, 3.63) is 37.0 Å². The van der Waals surface area contributed by atoms with E-state index >= 15 is 0 Å². The Morgan fingerprint density at radius 1 is 0.814 bits per heavy atom. The number of nitrogens with one attached hydrogen (secondary N) is 3. The lowest BCUT2D eigenvalue weighted by Gasteiger charge is -2.25. The molecule has 248 valence electrons. The zero-order valence-electron chi connectivity index (χ0n) is 24.2. The van der Waals surface area contributed by atoms with Gasteiger partial charge >= 0.3 is 31.9 Å². The average molecular weight is 638 g/mol. The standard InChI is InChI=1S/C23H33F4N3O8.C2H4F2O/c1-7-9-14(8-2)10-35-19(33)16(12-37-21(26)27)29-17(31)13(3)28-18(32)15(11-36-20(24)25)30-22(34)38-23(4,5)6;1-5-2(3)4/h7-9,13,15-16,20-21H,1-2,10-12H2,3-6H3,(H,28,32)(H,29,31)(H,30,34);2H,1H3/b14-9+;/t13?,15-,16-;/m0./s1. The maximum absolute atomic E-state index is 12.6. The molecule has 0 aromatic carbocycles. The van der Waals surface area contributed by atoms with Crippen LogP contribution in [0.25, 0.3) is 0 Å². The van der Waals surface area contributed by atoms with Crippen molar-refractivity contribution in [3.8, 4) is 0 Å². The predicted molar refractivity (Wildman–Crippen MR) is 139 cm³/mol. The zero-order chi connectivity index (χ0) is 33.8. The summed E-state index contributed by atoms with van der Waals surface area (Å²) in [5.74, 6) is -3.30. The van der Waals surface area contributed by atoms with Crippen molar-refractivity contribution in [2.24, 2.45) is 0 Å². The Hall–Kier alpha value is -3.64. The van der Waals surface area contributed by atoms with E-state index in [-0.39, 0.29) is 6.61 Å². The van der Waals surface area contributed by atoms with Crippen molar-refractivity contribution in [2.45, 2.75) is 71.3 Å². The first-order chi connectivity index (χ1) is 19.9. The molecule has 0 aliphatic rings. The van der Waals surface area contributed by atoms with Crippen LogP contribution < -0.4 is 16.0 Å². The number of alkyl halides is 6. The smallest absolute Gasteiger partial charge is 0.408 e. The van der Waals surface area contributed by atoms with E-state index < -0.39 is 80.7 Å². The summed E-state index contributed by atoms with van der Waals surface area (Å²) < 4.78 is 92.7. The van der Waals surface area contributed by atoms with Crippen molar-refractivity contribution in [1.29, 1.82) is 0 Å². The van der Waals surface area contributed by atoms with Gasteiger partial charge in [-0.2, -0.15) is 26.3 Å². The number of methoxy groups -OCH3 is 1. The molecule has 0 heterocycles.